The van der Waals surface area contributed by atoms with E-state index in [1.54, 1.807) is 0 Å². The van der Waals surface area contributed by atoms with Gasteiger partial charge >= 0.3 is 0 Å². The van der Waals surface area contributed by atoms with E-state index in [-0.39, 0.29) is 12.6 Å². The number of aliphatic hydroxyl groups excluding tert-OH is 1. The zero-order chi connectivity index (χ0) is 10.7. The van der Waals surface area contributed by atoms with Crippen molar-refractivity contribution < 1.29 is 5.11 Å². The number of rotatable bonds is 2. The molecule has 0 saturated carbocycles. The maximum atomic E-state index is 9.27. The third-order valence-corrected chi connectivity index (χ3v) is 2.84. The minimum atomic E-state index is 0.0986. The standard InChI is InChI=1S/C13H17NO/c1-10-4-6-11(7-5-10)12-3-2-8-14-13(12)9-15/h3-7,13-15H,2,8-9H2,1H3. The highest BCUT2D eigenvalue weighted by atomic mass is 16.3. The molecule has 0 radical (unpaired) electrons. The summed E-state index contributed by atoms with van der Waals surface area (Å²) in [6.45, 7) is 3.21. The van der Waals surface area contributed by atoms with Crippen LogP contribution in [0.3, 0.4) is 0 Å². The SMILES string of the molecule is Cc1ccc(C2=CCCNC2CO)cc1. The van der Waals surface area contributed by atoms with Crippen molar-refractivity contribution in [2.75, 3.05) is 13.2 Å². The highest BCUT2D eigenvalue weighted by Gasteiger charge is 2.16. The zero-order valence-corrected chi connectivity index (χ0v) is 9.03. The summed E-state index contributed by atoms with van der Waals surface area (Å²) in [6.07, 6.45) is 3.27. The first-order chi connectivity index (χ1) is 7.31. The van der Waals surface area contributed by atoms with Crippen LogP contribution in [0.4, 0.5) is 0 Å². The minimum Gasteiger partial charge on any atom is -0.394 e. The molecule has 0 spiro atoms. The maximum Gasteiger partial charge on any atom is 0.0626 e. The lowest BCUT2D eigenvalue weighted by molar-refractivity contribution is 0.266. The molecule has 0 amide bonds. The van der Waals surface area contributed by atoms with E-state index in [0.29, 0.717) is 0 Å². The van der Waals surface area contributed by atoms with Crippen molar-refractivity contribution >= 4 is 5.57 Å². The predicted octanol–water partition coefficient (Wildman–Crippen LogP) is 1.73. The average molecular weight is 203 g/mol. The van der Waals surface area contributed by atoms with E-state index in [2.05, 4.69) is 42.6 Å². The minimum absolute atomic E-state index is 0.0986. The number of hydrogen-bond donors (Lipinski definition) is 2. The van der Waals surface area contributed by atoms with Gasteiger partial charge in [-0.2, -0.15) is 0 Å². The van der Waals surface area contributed by atoms with Crippen LogP contribution in [-0.4, -0.2) is 24.3 Å². The Morgan fingerprint density at radius 1 is 1.33 bits per heavy atom. The fraction of sp³-hybridized carbons (Fsp3) is 0.385. The Morgan fingerprint density at radius 3 is 2.73 bits per heavy atom. The van der Waals surface area contributed by atoms with Crippen LogP contribution in [0.25, 0.3) is 5.57 Å². The summed E-state index contributed by atoms with van der Waals surface area (Å²) >= 11 is 0. The smallest absolute Gasteiger partial charge is 0.0626 e. The zero-order valence-electron chi connectivity index (χ0n) is 9.03. The molecular weight excluding hydrogens is 186 g/mol. The van der Waals surface area contributed by atoms with Crippen molar-refractivity contribution in [3.8, 4) is 0 Å². The van der Waals surface area contributed by atoms with E-state index in [9.17, 15) is 5.11 Å². The molecule has 2 N–H and O–H groups in total. The lowest BCUT2D eigenvalue weighted by Crippen LogP contribution is -2.36. The summed E-state index contributed by atoms with van der Waals surface area (Å²) in [5.41, 5.74) is 3.71. The highest BCUT2D eigenvalue weighted by molar-refractivity contribution is 5.70. The normalized spacial score (nSPS) is 21.2. The van der Waals surface area contributed by atoms with Gasteiger partial charge < -0.3 is 10.4 Å². The fourth-order valence-corrected chi connectivity index (χ4v) is 1.97. The van der Waals surface area contributed by atoms with Crippen LogP contribution in [-0.2, 0) is 0 Å². The summed E-state index contributed by atoms with van der Waals surface area (Å²) in [5.74, 6) is 0. The van der Waals surface area contributed by atoms with Crippen molar-refractivity contribution in [2.45, 2.75) is 19.4 Å². The molecule has 0 bridgehead atoms. The molecule has 0 aromatic heterocycles. The molecule has 1 aliphatic rings. The van der Waals surface area contributed by atoms with Crippen LogP contribution in [0.5, 0.6) is 0 Å². The van der Waals surface area contributed by atoms with Crippen LogP contribution in [0.2, 0.25) is 0 Å². The number of aliphatic hydroxyl groups is 1. The number of benzene rings is 1. The molecule has 0 fully saturated rings. The Morgan fingerprint density at radius 2 is 2.07 bits per heavy atom. The van der Waals surface area contributed by atoms with Crippen molar-refractivity contribution in [3.05, 3.63) is 41.5 Å². The second kappa shape index (κ2) is 4.60. The topological polar surface area (TPSA) is 32.3 Å². The molecule has 2 heteroatoms. The maximum absolute atomic E-state index is 9.27. The third kappa shape index (κ3) is 2.28. The number of nitrogens with one attached hydrogen (secondary N) is 1. The Labute approximate surface area is 90.6 Å². The van der Waals surface area contributed by atoms with Gasteiger partial charge in [0.1, 0.15) is 0 Å². The second-order valence-corrected chi connectivity index (χ2v) is 4.00. The molecule has 1 aromatic rings. The van der Waals surface area contributed by atoms with E-state index >= 15 is 0 Å². The van der Waals surface area contributed by atoms with E-state index < -0.39 is 0 Å². The first-order valence-corrected chi connectivity index (χ1v) is 5.42. The van der Waals surface area contributed by atoms with Gasteiger partial charge in [0.25, 0.3) is 0 Å². The van der Waals surface area contributed by atoms with Crippen molar-refractivity contribution in [2.24, 2.45) is 0 Å². The van der Waals surface area contributed by atoms with Gasteiger partial charge in [0.2, 0.25) is 0 Å². The quantitative estimate of drug-likeness (QED) is 0.767. The van der Waals surface area contributed by atoms with Gasteiger partial charge in [-0.3, -0.25) is 0 Å². The Balaban J connectivity index is 2.28. The molecule has 1 aliphatic heterocycles. The molecule has 15 heavy (non-hydrogen) atoms. The summed E-state index contributed by atoms with van der Waals surface area (Å²) in [4.78, 5) is 0. The fourth-order valence-electron chi connectivity index (χ4n) is 1.97. The van der Waals surface area contributed by atoms with Crippen molar-refractivity contribution in [1.29, 1.82) is 0 Å². The Kier molecular flexibility index (Phi) is 3.19. The highest BCUT2D eigenvalue weighted by Crippen LogP contribution is 2.22. The summed E-state index contributed by atoms with van der Waals surface area (Å²) in [7, 11) is 0. The van der Waals surface area contributed by atoms with E-state index in [0.717, 1.165) is 13.0 Å². The molecule has 2 nitrogen and oxygen atoms in total. The first kappa shape index (κ1) is 10.4. The summed E-state index contributed by atoms with van der Waals surface area (Å²) in [5, 5.41) is 12.6. The molecule has 1 atom stereocenters. The third-order valence-electron chi connectivity index (χ3n) is 2.84. The van der Waals surface area contributed by atoms with Gasteiger partial charge in [-0.05, 0) is 31.0 Å². The van der Waals surface area contributed by atoms with Gasteiger partial charge in [-0.1, -0.05) is 35.9 Å². The monoisotopic (exact) mass is 203 g/mol. The molecule has 80 valence electrons. The second-order valence-electron chi connectivity index (χ2n) is 4.00. The largest absolute Gasteiger partial charge is 0.394 e. The van der Waals surface area contributed by atoms with Crippen LogP contribution in [0.1, 0.15) is 17.5 Å². The van der Waals surface area contributed by atoms with Gasteiger partial charge in [0.05, 0.1) is 12.6 Å². The number of aryl methyl sites for hydroxylation is 1. The van der Waals surface area contributed by atoms with Gasteiger partial charge in [0.15, 0.2) is 0 Å². The Bertz CT molecular complexity index is 353. The molecule has 1 heterocycles. The summed E-state index contributed by atoms with van der Waals surface area (Å²) in [6, 6.07) is 8.56. The molecule has 1 aromatic carbocycles. The van der Waals surface area contributed by atoms with Crippen LogP contribution in [0, 0.1) is 6.92 Å². The predicted molar refractivity (Wildman–Crippen MR) is 62.6 cm³/mol. The lowest BCUT2D eigenvalue weighted by atomic mass is 9.94. The first-order valence-electron chi connectivity index (χ1n) is 5.42. The molecule has 0 aliphatic carbocycles. The average Bonchev–Trinajstić information content (AvgIpc) is 2.30. The van der Waals surface area contributed by atoms with Crippen molar-refractivity contribution in [1.82, 2.24) is 5.32 Å². The molecule has 2 rings (SSSR count). The van der Waals surface area contributed by atoms with Crippen LogP contribution in [0.15, 0.2) is 30.3 Å². The summed E-state index contributed by atoms with van der Waals surface area (Å²) < 4.78 is 0. The molecular formula is C13H17NO. The van der Waals surface area contributed by atoms with E-state index in [1.807, 2.05) is 0 Å². The van der Waals surface area contributed by atoms with E-state index in [1.165, 1.54) is 16.7 Å². The van der Waals surface area contributed by atoms with Gasteiger partial charge in [-0.15, -0.1) is 0 Å². The molecule has 0 saturated heterocycles. The lowest BCUT2D eigenvalue weighted by Gasteiger charge is -2.24. The van der Waals surface area contributed by atoms with Gasteiger partial charge in [0, 0.05) is 0 Å². The number of hydrogen-bond acceptors (Lipinski definition) is 2. The van der Waals surface area contributed by atoms with Gasteiger partial charge in [-0.25, -0.2) is 0 Å². The molecule has 1 unspecified atom stereocenters. The Hall–Kier alpha value is -1.12. The van der Waals surface area contributed by atoms with E-state index in [4.69, 9.17) is 0 Å². The van der Waals surface area contributed by atoms with Crippen LogP contribution < -0.4 is 5.32 Å². The van der Waals surface area contributed by atoms with Crippen LogP contribution >= 0.6 is 0 Å². The van der Waals surface area contributed by atoms with Crippen molar-refractivity contribution in [3.63, 3.8) is 0 Å².